The van der Waals surface area contributed by atoms with Gasteiger partial charge in [0.1, 0.15) is 0 Å². The molecule has 0 spiro atoms. The molecule has 1 aliphatic rings. The van der Waals surface area contributed by atoms with Crippen LogP contribution < -0.4 is 5.32 Å². The third-order valence-electron chi connectivity index (χ3n) is 4.46. The molecule has 4 heteroatoms. The second-order valence-electron chi connectivity index (χ2n) is 5.95. The summed E-state index contributed by atoms with van der Waals surface area (Å²) in [5.74, 6) is -0.0270. The van der Waals surface area contributed by atoms with Crippen LogP contribution in [0, 0.1) is 0 Å². The van der Waals surface area contributed by atoms with Gasteiger partial charge in [-0.25, -0.2) is 0 Å². The van der Waals surface area contributed by atoms with Gasteiger partial charge in [0.05, 0.1) is 0 Å². The smallest absolute Gasteiger partial charge is 0.251 e. The Bertz CT molecular complexity index is 557. The van der Waals surface area contributed by atoms with E-state index in [1.807, 2.05) is 30.0 Å². The molecule has 0 heterocycles. The molecule has 23 heavy (non-hydrogen) atoms. The molecule has 1 fully saturated rings. The molecule has 4 nitrogen and oxygen atoms in total. The van der Waals surface area contributed by atoms with Crippen LogP contribution >= 0.6 is 0 Å². The van der Waals surface area contributed by atoms with E-state index in [4.69, 9.17) is 0 Å². The molecule has 1 N–H and O–H groups in total. The second-order valence-corrected chi connectivity index (χ2v) is 5.95. The standard InChI is InChI=1S/C19H26N2O2/c1-3-21(17-7-5-4-6-8-17)18(22)14-11-15-9-12-16(13-10-15)19(23)20-2/h9-14,17H,3-8H2,1-2H3,(H,20,23)/b14-11+. The monoisotopic (exact) mass is 314 g/mol. The van der Waals surface area contributed by atoms with Crippen molar-refractivity contribution in [1.29, 1.82) is 0 Å². The molecule has 1 aromatic carbocycles. The lowest BCUT2D eigenvalue weighted by Gasteiger charge is -2.32. The maximum atomic E-state index is 12.4. The summed E-state index contributed by atoms with van der Waals surface area (Å²) in [6.07, 6.45) is 9.44. The van der Waals surface area contributed by atoms with Crippen molar-refractivity contribution in [3.63, 3.8) is 0 Å². The summed E-state index contributed by atoms with van der Waals surface area (Å²) in [5.41, 5.74) is 1.54. The zero-order valence-corrected chi connectivity index (χ0v) is 14.0. The first-order valence-corrected chi connectivity index (χ1v) is 8.46. The first-order chi connectivity index (χ1) is 11.2. The molecule has 1 saturated carbocycles. The van der Waals surface area contributed by atoms with Gasteiger partial charge in [0.2, 0.25) is 5.91 Å². The summed E-state index contributed by atoms with van der Waals surface area (Å²) in [5, 5.41) is 2.59. The lowest BCUT2D eigenvalue weighted by Crippen LogP contribution is -2.40. The summed E-state index contributed by atoms with van der Waals surface area (Å²) in [7, 11) is 1.61. The molecule has 1 aliphatic carbocycles. The number of nitrogens with zero attached hydrogens (tertiary/aromatic N) is 1. The highest BCUT2D eigenvalue weighted by Gasteiger charge is 2.22. The van der Waals surface area contributed by atoms with Gasteiger partial charge >= 0.3 is 0 Å². The van der Waals surface area contributed by atoms with Gasteiger partial charge in [0.25, 0.3) is 5.91 Å². The molecule has 0 saturated heterocycles. The Morgan fingerprint density at radius 2 is 1.83 bits per heavy atom. The van der Waals surface area contributed by atoms with Crippen LogP contribution in [0.3, 0.4) is 0 Å². The molecule has 124 valence electrons. The van der Waals surface area contributed by atoms with Gasteiger partial charge in [-0.2, -0.15) is 0 Å². The summed E-state index contributed by atoms with van der Waals surface area (Å²) < 4.78 is 0. The summed E-state index contributed by atoms with van der Waals surface area (Å²) >= 11 is 0. The van der Waals surface area contributed by atoms with E-state index in [-0.39, 0.29) is 11.8 Å². The van der Waals surface area contributed by atoms with E-state index in [1.165, 1.54) is 19.3 Å². The maximum Gasteiger partial charge on any atom is 0.251 e. The minimum Gasteiger partial charge on any atom is -0.355 e. The summed E-state index contributed by atoms with van der Waals surface area (Å²) in [4.78, 5) is 25.9. The Kier molecular flexibility index (Phi) is 6.39. The number of carbonyl (C=O) groups excluding carboxylic acids is 2. The van der Waals surface area contributed by atoms with E-state index in [2.05, 4.69) is 5.32 Å². The highest BCUT2D eigenvalue weighted by molar-refractivity contribution is 5.94. The van der Waals surface area contributed by atoms with E-state index >= 15 is 0 Å². The number of hydrogen-bond donors (Lipinski definition) is 1. The highest BCUT2D eigenvalue weighted by Crippen LogP contribution is 2.22. The van der Waals surface area contributed by atoms with Gasteiger partial charge in [0, 0.05) is 31.3 Å². The second kappa shape index (κ2) is 8.51. The number of nitrogens with one attached hydrogen (secondary N) is 1. The molecule has 2 amide bonds. The minimum atomic E-state index is -0.105. The van der Waals surface area contributed by atoms with Crippen LogP contribution in [0.4, 0.5) is 0 Å². The summed E-state index contributed by atoms with van der Waals surface area (Å²) in [6, 6.07) is 7.63. The molecule has 0 unspecified atom stereocenters. The van der Waals surface area contributed by atoms with Crippen LogP contribution in [0.15, 0.2) is 30.3 Å². The van der Waals surface area contributed by atoms with E-state index in [0.29, 0.717) is 11.6 Å². The van der Waals surface area contributed by atoms with Crippen molar-refractivity contribution in [2.24, 2.45) is 0 Å². The van der Waals surface area contributed by atoms with Crippen molar-refractivity contribution in [2.75, 3.05) is 13.6 Å². The van der Waals surface area contributed by atoms with Crippen LogP contribution in [0.2, 0.25) is 0 Å². The lowest BCUT2D eigenvalue weighted by molar-refractivity contribution is -0.128. The fourth-order valence-electron chi connectivity index (χ4n) is 3.14. The van der Waals surface area contributed by atoms with Crippen molar-refractivity contribution < 1.29 is 9.59 Å². The SMILES string of the molecule is CCN(C(=O)/C=C/c1ccc(C(=O)NC)cc1)C1CCCCC1. The van der Waals surface area contributed by atoms with Crippen molar-refractivity contribution >= 4 is 17.9 Å². The van der Waals surface area contributed by atoms with Crippen LogP contribution in [-0.4, -0.2) is 36.3 Å². The lowest BCUT2D eigenvalue weighted by atomic mass is 9.94. The fraction of sp³-hybridized carbons (Fsp3) is 0.474. The van der Waals surface area contributed by atoms with Gasteiger partial charge in [0.15, 0.2) is 0 Å². The molecule has 2 rings (SSSR count). The topological polar surface area (TPSA) is 49.4 Å². The quantitative estimate of drug-likeness (QED) is 0.848. The van der Waals surface area contributed by atoms with Crippen molar-refractivity contribution in [2.45, 2.75) is 45.1 Å². The Morgan fingerprint density at radius 1 is 1.17 bits per heavy atom. The normalized spacial score (nSPS) is 15.6. The van der Waals surface area contributed by atoms with E-state index < -0.39 is 0 Å². The zero-order valence-electron chi connectivity index (χ0n) is 14.0. The van der Waals surface area contributed by atoms with Crippen LogP contribution in [0.1, 0.15) is 54.9 Å². The highest BCUT2D eigenvalue weighted by atomic mass is 16.2. The minimum absolute atomic E-state index is 0.0785. The van der Waals surface area contributed by atoms with Crippen molar-refractivity contribution in [3.05, 3.63) is 41.5 Å². The van der Waals surface area contributed by atoms with Crippen LogP contribution in [0.25, 0.3) is 6.08 Å². The zero-order chi connectivity index (χ0) is 16.7. The maximum absolute atomic E-state index is 12.4. The Balaban J connectivity index is 2.00. The van der Waals surface area contributed by atoms with Crippen molar-refractivity contribution in [1.82, 2.24) is 10.2 Å². The predicted octanol–water partition coefficient (Wildman–Crippen LogP) is 3.24. The fourth-order valence-corrected chi connectivity index (χ4v) is 3.14. The molecular formula is C19H26N2O2. The number of carbonyl (C=O) groups is 2. The molecule has 0 bridgehead atoms. The average molecular weight is 314 g/mol. The van der Waals surface area contributed by atoms with Gasteiger partial charge in [-0.3, -0.25) is 9.59 Å². The first-order valence-electron chi connectivity index (χ1n) is 8.46. The molecule has 1 aromatic rings. The van der Waals surface area contributed by atoms with E-state index in [0.717, 1.165) is 24.9 Å². The summed E-state index contributed by atoms with van der Waals surface area (Å²) in [6.45, 7) is 2.79. The van der Waals surface area contributed by atoms with E-state index in [9.17, 15) is 9.59 Å². The third kappa shape index (κ3) is 4.68. The molecular weight excluding hydrogens is 288 g/mol. The Morgan fingerprint density at radius 3 is 2.39 bits per heavy atom. The van der Waals surface area contributed by atoms with Crippen LogP contribution in [-0.2, 0) is 4.79 Å². The first kappa shape index (κ1) is 17.3. The third-order valence-corrected chi connectivity index (χ3v) is 4.46. The van der Waals surface area contributed by atoms with Gasteiger partial charge in [-0.15, -0.1) is 0 Å². The number of benzene rings is 1. The molecule has 0 atom stereocenters. The van der Waals surface area contributed by atoms with Gasteiger partial charge in [-0.1, -0.05) is 31.4 Å². The number of rotatable bonds is 5. The predicted molar refractivity (Wildman–Crippen MR) is 93.1 cm³/mol. The van der Waals surface area contributed by atoms with Crippen molar-refractivity contribution in [3.8, 4) is 0 Å². The number of amides is 2. The van der Waals surface area contributed by atoms with E-state index in [1.54, 1.807) is 25.3 Å². The largest absolute Gasteiger partial charge is 0.355 e. The van der Waals surface area contributed by atoms with Gasteiger partial charge < -0.3 is 10.2 Å². The Labute approximate surface area is 138 Å². The molecule has 0 aliphatic heterocycles. The van der Waals surface area contributed by atoms with Gasteiger partial charge in [-0.05, 0) is 43.5 Å². The number of hydrogen-bond acceptors (Lipinski definition) is 2. The average Bonchev–Trinajstić information content (AvgIpc) is 2.61. The molecule has 0 radical (unpaired) electrons. The van der Waals surface area contributed by atoms with Crippen LogP contribution in [0.5, 0.6) is 0 Å². The Hall–Kier alpha value is -2.10. The molecule has 0 aromatic heterocycles. The number of likely N-dealkylation sites (N-methyl/N-ethyl adjacent to an activating group) is 1.